The molecule has 1 aliphatic carbocycles. The van der Waals surface area contributed by atoms with Crippen LogP contribution in [0.25, 0.3) is 0 Å². The lowest BCUT2D eigenvalue weighted by Crippen LogP contribution is -2.35. The summed E-state index contributed by atoms with van der Waals surface area (Å²) >= 11 is 0. The minimum Gasteiger partial charge on any atom is -0.265 e. The van der Waals surface area contributed by atoms with Crippen LogP contribution in [-0.4, -0.2) is 15.0 Å². The third-order valence-corrected chi connectivity index (χ3v) is 7.25. The van der Waals surface area contributed by atoms with Crippen LogP contribution in [0.15, 0.2) is 53.4 Å². The van der Waals surface area contributed by atoms with Gasteiger partial charge in [0.25, 0.3) is 16.4 Å². The molecule has 4 rings (SSSR count). The molecule has 25 heavy (non-hydrogen) atoms. The van der Waals surface area contributed by atoms with Crippen molar-refractivity contribution in [1.82, 2.24) is 0 Å². The van der Waals surface area contributed by atoms with Gasteiger partial charge >= 0.3 is 0 Å². The number of rotatable bonds is 3. The van der Waals surface area contributed by atoms with Gasteiger partial charge in [-0.15, -0.1) is 0 Å². The molecule has 0 unspecified atom stereocenters. The largest absolute Gasteiger partial charge is 0.265 e. The molecule has 0 N–H and O–H groups in total. The lowest BCUT2D eigenvalue weighted by molar-refractivity contribution is 0.151. The zero-order valence-corrected chi connectivity index (χ0v) is 14.5. The Hall–Kier alpha value is -1.95. The van der Waals surface area contributed by atoms with Gasteiger partial charge in [-0.05, 0) is 36.6 Å². The van der Waals surface area contributed by atoms with Crippen LogP contribution in [0.4, 0.5) is 14.5 Å². The lowest BCUT2D eigenvalue weighted by Gasteiger charge is -2.25. The molecule has 0 atom stereocenters. The molecule has 0 amide bonds. The third kappa shape index (κ3) is 2.54. The Morgan fingerprint density at radius 1 is 0.960 bits per heavy atom. The quantitative estimate of drug-likeness (QED) is 0.796. The van der Waals surface area contributed by atoms with Gasteiger partial charge in [0.1, 0.15) is 0 Å². The fourth-order valence-corrected chi connectivity index (χ4v) is 5.76. The van der Waals surface area contributed by atoms with E-state index >= 15 is 0 Å². The standard InChI is InChI=1S/C19H19F2NO2S/c20-18(21)14-7-9-15(10-8-14)25(23,24)22-13-19(11-3-4-12-19)16-5-1-2-6-17(16)22/h1-2,5-10,18H,3-4,11-13H2. The number of fused-ring (bicyclic) bond motifs is 2. The number of alkyl halides is 2. The van der Waals surface area contributed by atoms with Crippen molar-refractivity contribution in [3.05, 3.63) is 59.7 Å². The van der Waals surface area contributed by atoms with Crippen LogP contribution in [0.1, 0.15) is 43.2 Å². The molecule has 2 aromatic rings. The van der Waals surface area contributed by atoms with Crippen molar-refractivity contribution in [3.8, 4) is 0 Å². The average molecular weight is 363 g/mol. The van der Waals surface area contributed by atoms with Gasteiger partial charge in [-0.25, -0.2) is 17.2 Å². The van der Waals surface area contributed by atoms with Crippen molar-refractivity contribution >= 4 is 15.7 Å². The summed E-state index contributed by atoms with van der Waals surface area (Å²) < 4.78 is 53.2. The summed E-state index contributed by atoms with van der Waals surface area (Å²) in [5, 5.41) is 0. The van der Waals surface area contributed by atoms with Crippen LogP contribution in [0.2, 0.25) is 0 Å². The molecule has 3 nitrogen and oxygen atoms in total. The van der Waals surface area contributed by atoms with Gasteiger partial charge < -0.3 is 0 Å². The second kappa shape index (κ2) is 5.80. The zero-order chi connectivity index (χ0) is 17.7. The number of para-hydroxylation sites is 1. The highest BCUT2D eigenvalue weighted by atomic mass is 32.2. The second-order valence-electron chi connectivity index (χ2n) is 6.89. The Morgan fingerprint density at radius 3 is 2.24 bits per heavy atom. The van der Waals surface area contributed by atoms with Crippen molar-refractivity contribution in [2.75, 3.05) is 10.8 Å². The summed E-state index contributed by atoms with van der Waals surface area (Å²) in [7, 11) is -3.77. The minimum atomic E-state index is -3.77. The molecule has 0 aromatic heterocycles. The summed E-state index contributed by atoms with van der Waals surface area (Å²) in [5.41, 5.74) is 1.54. The average Bonchev–Trinajstić information content (AvgIpc) is 3.22. The van der Waals surface area contributed by atoms with Crippen LogP contribution in [0.5, 0.6) is 0 Å². The Balaban J connectivity index is 1.76. The number of hydrogen-bond donors (Lipinski definition) is 0. The molecule has 0 radical (unpaired) electrons. The monoisotopic (exact) mass is 363 g/mol. The van der Waals surface area contributed by atoms with E-state index in [9.17, 15) is 17.2 Å². The summed E-state index contributed by atoms with van der Waals surface area (Å²) in [6, 6.07) is 12.6. The molecule has 2 aliphatic rings. The van der Waals surface area contributed by atoms with Gasteiger partial charge in [-0.1, -0.05) is 43.2 Å². The number of anilines is 1. The fraction of sp³-hybridized carbons (Fsp3) is 0.368. The van der Waals surface area contributed by atoms with E-state index in [-0.39, 0.29) is 15.9 Å². The SMILES string of the molecule is O=S(=O)(c1ccc(C(F)F)cc1)N1CC2(CCCC2)c2ccccc21. The molecule has 1 aliphatic heterocycles. The molecule has 132 valence electrons. The highest BCUT2D eigenvalue weighted by Gasteiger charge is 2.47. The fourth-order valence-electron chi connectivity index (χ4n) is 4.19. The molecule has 6 heteroatoms. The summed E-state index contributed by atoms with van der Waals surface area (Å²) in [6.45, 7) is 0.436. The minimum absolute atomic E-state index is 0.0572. The molecule has 0 bridgehead atoms. The van der Waals surface area contributed by atoms with Crippen LogP contribution in [-0.2, 0) is 15.4 Å². The number of halogens is 2. The van der Waals surface area contributed by atoms with Crippen molar-refractivity contribution in [2.45, 2.75) is 42.4 Å². The maximum absolute atomic E-state index is 13.2. The first-order chi connectivity index (χ1) is 11.9. The number of nitrogens with zero attached hydrogens (tertiary/aromatic N) is 1. The first-order valence-corrected chi connectivity index (χ1v) is 9.88. The predicted molar refractivity (Wildman–Crippen MR) is 92.5 cm³/mol. The van der Waals surface area contributed by atoms with E-state index < -0.39 is 16.4 Å². The highest BCUT2D eigenvalue weighted by molar-refractivity contribution is 7.92. The van der Waals surface area contributed by atoms with E-state index in [4.69, 9.17) is 0 Å². The normalized spacial score (nSPS) is 18.9. The summed E-state index contributed by atoms with van der Waals surface area (Å²) in [5.74, 6) is 0. The van der Waals surface area contributed by atoms with Crippen molar-refractivity contribution in [1.29, 1.82) is 0 Å². The van der Waals surface area contributed by atoms with Crippen LogP contribution < -0.4 is 4.31 Å². The van der Waals surface area contributed by atoms with Gasteiger partial charge in [0.15, 0.2) is 0 Å². The highest BCUT2D eigenvalue weighted by Crippen LogP contribution is 2.51. The third-order valence-electron chi connectivity index (χ3n) is 5.47. The van der Waals surface area contributed by atoms with E-state index in [1.54, 1.807) is 0 Å². The van der Waals surface area contributed by atoms with Crippen molar-refractivity contribution in [3.63, 3.8) is 0 Å². The van der Waals surface area contributed by atoms with Gasteiger partial charge in [0, 0.05) is 17.5 Å². The lowest BCUT2D eigenvalue weighted by atomic mass is 9.81. The van der Waals surface area contributed by atoms with Crippen molar-refractivity contribution in [2.24, 2.45) is 0 Å². The number of sulfonamides is 1. The zero-order valence-electron chi connectivity index (χ0n) is 13.7. The maximum atomic E-state index is 13.2. The predicted octanol–water partition coefficient (Wildman–Crippen LogP) is 4.64. The first kappa shape index (κ1) is 16.5. The number of benzene rings is 2. The van der Waals surface area contributed by atoms with E-state index in [1.807, 2.05) is 24.3 Å². The van der Waals surface area contributed by atoms with E-state index in [2.05, 4.69) is 0 Å². The molecule has 1 fully saturated rings. The molecular weight excluding hydrogens is 344 g/mol. The summed E-state index contributed by atoms with van der Waals surface area (Å²) in [6.07, 6.45) is 1.57. The second-order valence-corrected chi connectivity index (χ2v) is 8.75. The Kier molecular flexibility index (Phi) is 3.83. The van der Waals surface area contributed by atoms with Gasteiger partial charge in [0.05, 0.1) is 10.6 Å². The molecule has 1 heterocycles. The van der Waals surface area contributed by atoms with Crippen LogP contribution in [0.3, 0.4) is 0 Å². The molecule has 0 saturated heterocycles. The smallest absolute Gasteiger partial charge is 0.264 e. The Labute approximate surface area is 146 Å². The van der Waals surface area contributed by atoms with Gasteiger partial charge in [-0.2, -0.15) is 0 Å². The van der Waals surface area contributed by atoms with Crippen molar-refractivity contribution < 1.29 is 17.2 Å². The summed E-state index contributed by atoms with van der Waals surface area (Å²) in [4.78, 5) is 0.0572. The van der Waals surface area contributed by atoms with Gasteiger partial charge in [0.2, 0.25) is 0 Å². The van der Waals surface area contributed by atoms with E-state index in [0.29, 0.717) is 6.54 Å². The molecule has 2 aromatic carbocycles. The van der Waals surface area contributed by atoms with E-state index in [1.165, 1.54) is 28.6 Å². The first-order valence-electron chi connectivity index (χ1n) is 8.44. The Morgan fingerprint density at radius 2 is 1.60 bits per heavy atom. The van der Waals surface area contributed by atoms with Crippen LogP contribution in [0, 0.1) is 0 Å². The Bertz CT molecular complexity index is 888. The number of hydrogen-bond acceptors (Lipinski definition) is 2. The maximum Gasteiger partial charge on any atom is 0.264 e. The van der Waals surface area contributed by atoms with Crippen LogP contribution >= 0.6 is 0 Å². The van der Waals surface area contributed by atoms with E-state index in [0.717, 1.165) is 36.9 Å². The molecular formula is C19H19F2NO2S. The van der Waals surface area contributed by atoms with Gasteiger partial charge in [-0.3, -0.25) is 4.31 Å². The molecule has 1 saturated carbocycles. The molecule has 1 spiro atoms. The topological polar surface area (TPSA) is 37.4 Å².